The number of nitrogens with zero attached hydrogens (tertiary/aromatic N) is 2. The number of carbonyl (C=O) groups excluding carboxylic acids is 2. The van der Waals surface area contributed by atoms with Crippen LogP contribution in [0.15, 0.2) is 77.0 Å². The Morgan fingerprint density at radius 2 is 1.73 bits per heavy atom. The molecule has 30 heavy (non-hydrogen) atoms. The molecule has 0 saturated carbocycles. The van der Waals surface area contributed by atoms with E-state index in [1.165, 1.54) is 29.2 Å². The van der Waals surface area contributed by atoms with Crippen LogP contribution in [-0.2, 0) is 9.59 Å². The number of aliphatic hydroxyl groups excluding tert-OH is 1. The quantitative estimate of drug-likeness (QED) is 0.338. The number of aromatic nitrogens is 1. The zero-order chi connectivity index (χ0) is 21.4. The molecule has 0 radical (unpaired) electrons. The van der Waals surface area contributed by atoms with Crippen molar-refractivity contribution in [1.29, 1.82) is 0 Å². The summed E-state index contributed by atoms with van der Waals surface area (Å²) in [6.07, 6.45) is 3.09. The average Bonchev–Trinajstić information content (AvgIpc) is 3.02. The molecule has 2 heterocycles. The first-order chi connectivity index (χ1) is 14.4. The fraction of sp³-hybridized carbons (Fsp3) is 0.0870. The van der Waals surface area contributed by atoms with Crippen LogP contribution >= 0.6 is 15.9 Å². The average molecular weight is 467 g/mol. The van der Waals surface area contributed by atoms with Gasteiger partial charge in [-0.3, -0.25) is 19.5 Å². The van der Waals surface area contributed by atoms with E-state index in [0.29, 0.717) is 16.8 Å². The number of aliphatic hydroxyl groups is 1. The van der Waals surface area contributed by atoms with Crippen LogP contribution in [0.3, 0.4) is 0 Å². The molecular weight excluding hydrogens is 451 g/mol. The highest BCUT2D eigenvalue weighted by molar-refractivity contribution is 9.10. The van der Waals surface area contributed by atoms with E-state index in [1.54, 1.807) is 42.7 Å². The van der Waals surface area contributed by atoms with Gasteiger partial charge in [-0.2, -0.15) is 0 Å². The molecule has 1 aromatic heterocycles. The van der Waals surface area contributed by atoms with Crippen molar-refractivity contribution in [1.82, 2.24) is 4.98 Å². The second kappa shape index (κ2) is 7.84. The number of aryl methyl sites for hydroxylation is 1. The fourth-order valence-corrected chi connectivity index (χ4v) is 3.76. The first-order valence-corrected chi connectivity index (χ1v) is 9.91. The number of halogens is 2. The molecule has 1 aliphatic rings. The molecule has 0 aliphatic carbocycles. The molecule has 1 atom stereocenters. The molecule has 7 heteroatoms. The van der Waals surface area contributed by atoms with Gasteiger partial charge in [0.15, 0.2) is 0 Å². The lowest BCUT2D eigenvalue weighted by atomic mass is 9.95. The molecule has 1 N–H and O–H groups in total. The van der Waals surface area contributed by atoms with Crippen molar-refractivity contribution in [3.63, 3.8) is 0 Å². The summed E-state index contributed by atoms with van der Waals surface area (Å²) in [5, 5.41) is 11.1. The van der Waals surface area contributed by atoms with Crippen LogP contribution in [0.1, 0.15) is 22.7 Å². The van der Waals surface area contributed by atoms with Crippen LogP contribution in [0.5, 0.6) is 0 Å². The van der Waals surface area contributed by atoms with Crippen molar-refractivity contribution in [2.45, 2.75) is 13.0 Å². The zero-order valence-corrected chi connectivity index (χ0v) is 17.4. The van der Waals surface area contributed by atoms with E-state index >= 15 is 0 Å². The molecule has 5 nitrogen and oxygen atoms in total. The Morgan fingerprint density at radius 1 is 1.07 bits per heavy atom. The smallest absolute Gasteiger partial charge is 0.300 e. The predicted octanol–water partition coefficient (Wildman–Crippen LogP) is 4.92. The number of carbonyl (C=O) groups is 2. The molecule has 1 saturated heterocycles. The lowest BCUT2D eigenvalue weighted by molar-refractivity contribution is -0.132. The van der Waals surface area contributed by atoms with Crippen LogP contribution < -0.4 is 4.90 Å². The topological polar surface area (TPSA) is 70.5 Å². The van der Waals surface area contributed by atoms with Gasteiger partial charge >= 0.3 is 0 Å². The Morgan fingerprint density at radius 3 is 2.37 bits per heavy atom. The van der Waals surface area contributed by atoms with Crippen LogP contribution in [0, 0.1) is 12.7 Å². The van der Waals surface area contributed by atoms with Gasteiger partial charge in [-0.25, -0.2) is 4.39 Å². The summed E-state index contributed by atoms with van der Waals surface area (Å²) < 4.78 is 14.3. The van der Waals surface area contributed by atoms with Gasteiger partial charge < -0.3 is 5.11 Å². The molecule has 1 fully saturated rings. The molecule has 4 rings (SSSR count). The summed E-state index contributed by atoms with van der Waals surface area (Å²) >= 11 is 3.41. The predicted molar refractivity (Wildman–Crippen MR) is 114 cm³/mol. The van der Waals surface area contributed by atoms with E-state index in [-0.39, 0.29) is 11.3 Å². The number of Topliss-reactive ketones (excluding diaryl/α,β-unsaturated/α-hetero) is 1. The van der Waals surface area contributed by atoms with E-state index in [4.69, 9.17) is 0 Å². The largest absolute Gasteiger partial charge is 0.507 e. The minimum Gasteiger partial charge on any atom is -0.507 e. The zero-order valence-electron chi connectivity index (χ0n) is 15.8. The van der Waals surface area contributed by atoms with Gasteiger partial charge in [-0.05, 0) is 66.6 Å². The third-order valence-corrected chi connectivity index (χ3v) is 5.89. The molecule has 2 aromatic carbocycles. The number of pyridine rings is 1. The van der Waals surface area contributed by atoms with Gasteiger partial charge in [0.25, 0.3) is 11.7 Å². The monoisotopic (exact) mass is 466 g/mol. The summed E-state index contributed by atoms with van der Waals surface area (Å²) in [5.74, 6) is -2.32. The number of rotatable bonds is 3. The first-order valence-electron chi connectivity index (χ1n) is 9.11. The molecule has 0 spiro atoms. The van der Waals surface area contributed by atoms with E-state index in [1.807, 2.05) is 6.92 Å². The van der Waals surface area contributed by atoms with Crippen molar-refractivity contribution in [2.75, 3.05) is 4.90 Å². The van der Waals surface area contributed by atoms with Crippen molar-refractivity contribution in [2.24, 2.45) is 0 Å². The number of hydrogen-bond acceptors (Lipinski definition) is 4. The maximum Gasteiger partial charge on any atom is 0.300 e. The van der Waals surface area contributed by atoms with E-state index < -0.39 is 23.5 Å². The summed E-state index contributed by atoms with van der Waals surface area (Å²) in [5.41, 5.74) is 2.21. The van der Waals surface area contributed by atoms with Crippen LogP contribution in [0.2, 0.25) is 0 Å². The van der Waals surface area contributed by atoms with Gasteiger partial charge in [0.05, 0.1) is 11.6 Å². The third-order valence-electron chi connectivity index (χ3n) is 5.00. The van der Waals surface area contributed by atoms with Crippen LogP contribution in [0.25, 0.3) is 5.76 Å². The highest BCUT2D eigenvalue weighted by Crippen LogP contribution is 2.42. The Balaban J connectivity index is 1.94. The molecule has 1 amide bonds. The van der Waals surface area contributed by atoms with E-state index in [9.17, 15) is 19.1 Å². The van der Waals surface area contributed by atoms with Crippen molar-refractivity contribution < 1.29 is 19.1 Å². The van der Waals surface area contributed by atoms with E-state index in [0.717, 1.165) is 10.0 Å². The Kier molecular flexibility index (Phi) is 5.22. The standard InChI is InChI=1S/C23H16BrFN2O3/c1-13-12-15(2-7-18(13)24)21(28)19-20(14-8-10-26-11-9-14)27(23(30)22(19)29)17-5-3-16(25)4-6-17/h2-12,20,28H,1H3/b21-19-. The van der Waals surface area contributed by atoms with Crippen molar-refractivity contribution in [3.8, 4) is 0 Å². The molecule has 3 aromatic rings. The molecular formula is C23H16BrFN2O3. The molecule has 1 aliphatic heterocycles. The minimum atomic E-state index is -0.873. The summed E-state index contributed by atoms with van der Waals surface area (Å²) in [6.45, 7) is 1.86. The lowest BCUT2D eigenvalue weighted by Crippen LogP contribution is -2.29. The summed E-state index contributed by atoms with van der Waals surface area (Å²) in [6, 6.07) is 12.9. The van der Waals surface area contributed by atoms with Crippen molar-refractivity contribution in [3.05, 3.63) is 99.5 Å². The lowest BCUT2D eigenvalue weighted by Gasteiger charge is -2.25. The SMILES string of the molecule is Cc1cc(/C(O)=C2/C(=O)C(=O)N(c3ccc(F)cc3)C2c2ccncc2)ccc1Br. The minimum absolute atomic E-state index is 0.0303. The van der Waals surface area contributed by atoms with Gasteiger partial charge in [0, 0.05) is 28.1 Å². The maximum atomic E-state index is 13.4. The van der Waals surface area contributed by atoms with Gasteiger partial charge in [0.2, 0.25) is 0 Å². The van der Waals surface area contributed by atoms with Crippen molar-refractivity contribution >= 4 is 39.1 Å². The van der Waals surface area contributed by atoms with Crippen LogP contribution in [0.4, 0.5) is 10.1 Å². The number of hydrogen-bond donors (Lipinski definition) is 1. The maximum absolute atomic E-state index is 13.4. The van der Waals surface area contributed by atoms with Gasteiger partial charge in [-0.15, -0.1) is 0 Å². The first kappa shape index (κ1) is 20.0. The highest BCUT2D eigenvalue weighted by Gasteiger charge is 2.46. The number of amides is 1. The Bertz CT molecular complexity index is 1180. The molecule has 150 valence electrons. The van der Waals surface area contributed by atoms with E-state index in [2.05, 4.69) is 20.9 Å². The second-order valence-corrected chi connectivity index (χ2v) is 7.74. The number of ketones is 1. The number of benzene rings is 2. The third kappa shape index (κ3) is 3.41. The number of anilines is 1. The molecule has 1 unspecified atom stereocenters. The summed E-state index contributed by atoms with van der Waals surface area (Å²) in [4.78, 5) is 31.2. The van der Waals surface area contributed by atoms with Crippen LogP contribution in [-0.4, -0.2) is 21.8 Å². The highest BCUT2D eigenvalue weighted by atomic mass is 79.9. The fourth-order valence-electron chi connectivity index (χ4n) is 3.51. The Hall–Kier alpha value is -3.32. The van der Waals surface area contributed by atoms with Gasteiger partial charge in [0.1, 0.15) is 11.6 Å². The Labute approximate surface area is 180 Å². The van der Waals surface area contributed by atoms with Gasteiger partial charge in [-0.1, -0.05) is 22.0 Å². The second-order valence-electron chi connectivity index (χ2n) is 6.89. The normalized spacial score (nSPS) is 18.1. The summed E-state index contributed by atoms with van der Waals surface area (Å²) in [7, 11) is 0. The molecule has 0 bridgehead atoms.